The number of carbonyl (C=O) groups excluding carboxylic acids is 1. The second-order valence-electron chi connectivity index (χ2n) is 4.73. The summed E-state index contributed by atoms with van der Waals surface area (Å²) in [5.74, 6) is 0.684. The Kier molecular flexibility index (Phi) is 6.47. The molecule has 8 heteroatoms. The zero-order valence-electron chi connectivity index (χ0n) is 13.7. The van der Waals surface area contributed by atoms with Gasteiger partial charge in [0.25, 0.3) is 0 Å². The van der Waals surface area contributed by atoms with Gasteiger partial charge in [0.2, 0.25) is 0 Å². The SMILES string of the molecule is COc1ccc(/C(N)=N\OC(=O)COc2ccccc2Cl)cc1OC. The van der Waals surface area contributed by atoms with Gasteiger partial charge in [-0.05, 0) is 30.3 Å². The summed E-state index contributed by atoms with van der Waals surface area (Å²) in [6.45, 7) is -0.355. The summed E-state index contributed by atoms with van der Waals surface area (Å²) >= 11 is 5.92. The Labute approximate surface area is 149 Å². The summed E-state index contributed by atoms with van der Waals surface area (Å²) in [5, 5.41) is 3.99. The van der Waals surface area contributed by atoms with Crippen molar-refractivity contribution in [2.24, 2.45) is 10.9 Å². The number of halogens is 1. The molecule has 0 unspecified atom stereocenters. The van der Waals surface area contributed by atoms with Crippen molar-refractivity contribution in [3.63, 3.8) is 0 Å². The van der Waals surface area contributed by atoms with E-state index in [0.29, 0.717) is 27.8 Å². The second-order valence-corrected chi connectivity index (χ2v) is 5.14. The molecule has 0 saturated carbocycles. The van der Waals surface area contributed by atoms with Crippen LogP contribution in [0.5, 0.6) is 17.2 Å². The molecular formula is C17H17ClN2O5. The molecule has 0 fully saturated rings. The standard InChI is InChI=1S/C17H17ClN2O5/c1-22-14-8-7-11(9-15(14)23-2)17(19)20-25-16(21)10-24-13-6-4-3-5-12(13)18/h3-9H,10H2,1-2H3,(H2,19,20). The van der Waals surface area contributed by atoms with Crippen molar-refractivity contribution < 1.29 is 23.8 Å². The third kappa shape index (κ3) is 5.02. The summed E-state index contributed by atoms with van der Waals surface area (Å²) in [4.78, 5) is 16.4. The number of para-hydroxylation sites is 1. The fourth-order valence-corrected chi connectivity index (χ4v) is 2.06. The third-order valence-corrected chi connectivity index (χ3v) is 3.42. The number of hydrogen-bond acceptors (Lipinski definition) is 6. The number of methoxy groups -OCH3 is 2. The predicted molar refractivity (Wildman–Crippen MR) is 93.3 cm³/mol. The second kappa shape index (κ2) is 8.79. The Hall–Kier alpha value is -2.93. The zero-order chi connectivity index (χ0) is 18.2. The molecule has 25 heavy (non-hydrogen) atoms. The molecule has 0 atom stereocenters. The van der Waals surface area contributed by atoms with Crippen LogP contribution in [0.1, 0.15) is 5.56 Å². The summed E-state index contributed by atoms with van der Waals surface area (Å²) in [7, 11) is 3.02. The highest BCUT2D eigenvalue weighted by atomic mass is 35.5. The van der Waals surface area contributed by atoms with E-state index in [0.717, 1.165) is 0 Å². The Morgan fingerprint density at radius 1 is 1.08 bits per heavy atom. The van der Waals surface area contributed by atoms with Crippen LogP contribution in [0.25, 0.3) is 0 Å². The molecule has 0 saturated heterocycles. The van der Waals surface area contributed by atoms with E-state index in [1.807, 2.05) is 0 Å². The highest BCUT2D eigenvalue weighted by Crippen LogP contribution is 2.27. The number of rotatable bonds is 7. The zero-order valence-corrected chi connectivity index (χ0v) is 14.4. The average molecular weight is 365 g/mol. The van der Waals surface area contributed by atoms with Crippen molar-refractivity contribution in [2.45, 2.75) is 0 Å². The van der Waals surface area contributed by atoms with Gasteiger partial charge in [-0.2, -0.15) is 0 Å². The Morgan fingerprint density at radius 2 is 1.80 bits per heavy atom. The van der Waals surface area contributed by atoms with Gasteiger partial charge in [0, 0.05) is 5.56 Å². The third-order valence-electron chi connectivity index (χ3n) is 3.11. The maximum Gasteiger partial charge on any atom is 0.372 e. The van der Waals surface area contributed by atoms with Crippen LogP contribution in [0.4, 0.5) is 0 Å². The Balaban J connectivity index is 1.96. The van der Waals surface area contributed by atoms with Crippen LogP contribution in [-0.2, 0) is 9.63 Å². The minimum Gasteiger partial charge on any atom is -0.493 e. The molecule has 0 aliphatic rings. The van der Waals surface area contributed by atoms with Gasteiger partial charge in [-0.1, -0.05) is 28.9 Å². The van der Waals surface area contributed by atoms with Crippen molar-refractivity contribution in [1.82, 2.24) is 0 Å². The fraction of sp³-hybridized carbons (Fsp3) is 0.176. The lowest BCUT2D eigenvalue weighted by atomic mass is 10.2. The molecular weight excluding hydrogens is 348 g/mol. The number of hydrogen-bond donors (Lipinski definition) is 1. The van der Waals surface area contributed by atoms with Crippen molar-refractivity contribution in [3.05, 3.63) is 53.1 Å². The molecule has 0 heterocycles. The smallest absolute Gasteiger partial charge is 0.372 e. The topological polar surface area (TPSA) is 92.4 Å². The molecule has 2 N–H and O–H groups in total. The predicted octanol–water partition coefficient (Wildman–Crippen LogP) is 2.60. The quantitative estimate of drug-likeness (QED) is 0.351. The largest absolute Gasteiger partial charge is 0.493 e. The highest BCUT2D eigenvalue weighted by molar-refractivity contribution is 6.32. The van der Waals surface area contributed by atoms with Gasteiger partial charge in [-0.15, -0.1) is 0 Å². The molecule has 0 amide bonds. The van der Waals surface area contributed by atoms with Gasteiger partial charge in [0.05, 0.1) is 19.2 Å². The normalized spacial score (nSPS) is 10.9. The first kappa shape index (κ1) is 18.4. The van der Waals surface area contributed by atoms with Crippen molar-refractivity contribution in [1.29, 1.82) is 0 Å². The molecule has 0 bridgehead atoms. The van der Waals surface area contributed by atoms with Crippen LogP contribution in [0.2, 0.25) is 5.02 Å². The molecule has 0 aliphatic carbocycles. The van der Waals surface area contributed by atoms with Crippen molar-refractivity contribution in [3.8, 4) is 17.2 Å². The van der Waals surface area contributed by atoms with Crippen LogP contribution in [-0.4, -0.2) is 32.6 Å². The van der Waals surface area contributed by atoms with E-state index in [1.165, 1.54) is 14.2 Å². The van der Waals surface area contributed by atoms with Crippen LogP contribution in [0, 0.1) is 0 Å². The van der Waals surface area contributed by atoms with Gasteiger partial charge in [0.1, 0.15) is 5.75 Å². The summed E-state index contributed by atoms with van der Waals surface area (Å²) < 4.78 is 15.6. The number of benzene rings is 2. The summed E-state index contributed by atoms with van der Waals surface area (Å²) in [6, 6.07) is 11.7. The Morgan fingerprint density at radius 3 is 2.48 bits per heavy atom. The number of ether oxygens (including phenoxy) is 3. The average Bonchev–Trinajstić information content (AvgIpc) is 2.64. The van der Waals surface area contributed by atoms with E-state index in [-0.39, 0.29) is 12.4 Å². The van der Waals surface area contributed by atoms with E-state index in [2.05, 4.69) is 5.16 Å². The monoisotopic (exact) mass is 364 g/mol. The van der Waals surface area contributed by atoms with E-state index in [4.69, 9.17) is 36.4 Å². The molecule has 2 aromatic rings. The van der Waals surface area contributed by atoms with Crippen molar-refractivity contribution in [2.75, 3.05) is 20.8 Å². The van der Waals surface area contributed by atoms with Gasteiger partial charge >= 0.3 is 5.97 Å². The number of oxime groups is 1. The summed E-state index contributed by atoms with van der Waals surface area (Å²) in [5.41, 5.74) is 6.32. The fourth-order valence-electron chi connectivity index (χ4n) is 1.87. The lowest BCUT2D eigenvalue weighted by molar-refractivity contribution is -0.146. The highest BCUT2D eigenvalue weighted by Gasteiger charge is 2.10. The van der Waals surface area contributed by atoms with Gasteiger partial charge < -0.3 is 24.8 Å². The summed E-state index contributed by atoms with van der Waals surface area (Å²) in [6.07, 6.45) is 0. The minimum atomic E-state index is -0.719. The van der Waals surface area contributed by atoms with Gasteiger partial charge in [-0.3, -0.25) is 0 Å². The van der Waals surface area contributed by atoms with Gasteiger partial charge in [0.15, 0.2) is 23.9 Å². The number of carbonyl (C=O) groups is 1. The molecule has 0 spiro atoms. The minimum absolute atomic E-state index is 0.00652. The van der Waals surface area contributed by atoms with Gasteiger partial charge in [-0.25, -0.2) is 4.79 Å². The first-order valence-corrected chi connectivity index (χ1v) is 7.56. The Bertz CT molecular complexity index is 779. The van der Waals surface area contributed by atoms with E-state index in [9.17, 15) is 4.79 Å². The lowest BCUT2D eigenvalue weighted by Gasteiger charge is -2.09. The number of nitrogens with zero attached hydrogens (tertiary/aromatic N) is 1. The van der Waals surface area contributed by atoms with Crippen LogP contribution in [0.3, 0.4) is 0 Å². The van der Waals surface area contributed by atoms with Crippen molar-refractivity contribution >= 4 is 23.4 Å². The van der Waals surface area contributed by atoms with Crippen LogP contribution < -0.4 is 19.9 Å². The van der Waals surface area contributed by atoms with E-state index < -0.39 is 5.97 Å². The molecule has 7 nitrogen and oxygen atoms in total. The molecule has 2 rings (SSSR count). The number of amidine groups is 1. The van der Waals surface area contributed by atoms with E-state index in [1.54, 1.807) is 42.5 Å². The van der Waals surface area contributed by atoms with Crippen LogP contribution >= 0.6 is 11.6 Å². The molecule has 0 radical (unpaired) electrons. The maximum absolute atomic E-state index is 11.7. The molecule has 132 valence electrons. The molecule has 0 aliphatic heterocycles. The molecule has 2 aromatic carbocycles. The molecule has 0 aromatic heterocycles. The van der Waals surface area contributed by atoms with E-state index >= 15 is 0 Å². The first-order valence-electron chi connectivity index (χ1n) is 7.18. The maximum atomic E-state index is 11.7. The lowest BCUT2D eigenvalue weighted by Crippen LogP contribution is -2.18. The first-order chi connectivity index (χ1) is 12.0. The number of nitrogens with two attached hydrogens (primary N) is 1. The van der Waals surface area contributed by atoms with Crippen LogP contribution in [0.15, 0.2) is 47.6 Å².